The minimum atomic E-state index is -0.744. The van der Waals surface area contributed by atoms with Crippen molar-refractivity contribution >= 4 is 11.9 Å². The summed E-state index contributed by atoms with van der Waals surface area (Å²) in [6.07, 6.45) is 0.849. The van der Waals surface area contributed by atoms with Gasteiger partial charge in [-0.25, -0.2) is 4.79 Å². The van der Waals surface area contributed by atoms with E-state index in [9.17, 15) is 14.7 Å². The number of urea groups is 1. The third-order valence-corrected chi connectivity index (χ3v) is 3.29. The number of para-hydroxylation sites is 2. The van der Waals surface area contributed by atoms with Crippen molar-refractivity contribution < 1.29 is 24.2 Å². The number of benzene rings is 1. The zero-order chi connectivity index (χ0) is 19.9. The van der Waals surface area contributed by atoms with Crippen molar-refractivity contribution in [2.24, 2.45) is 0 Å². The van der Waals surface area contributed by atoms with Gasteiger partial charge in [-0.05, 0) is 12.1 Å². The molecule has 3 amide bonds. The molecule has 1 unspecified atom stereocenters. The molecule has 9 heteroatoms. The summed E-state index contributed by atoms with van der Waals surface area (Å²) in [4.78, 5) is 22.6. The van der Waals surface area contributed by atoms with Gasteiger partial charge < -0.3 is 35.8 Å². The average molecular weight is 380 g/mol. The molecule has 0 aliphatic rings. The first kappa shape index (κ1) is 22.3. The van der Waals surface area contributed by atoms with Crippen molar-refractivity contribution in [3.05, 3.63) is 36.9 Å². The van der Waals surface area contributed by atoms with Gasteiger partial charge in [0, 0.05) is 33.2 Å². The fourth-order valence-electron chi connectivity index (χ4n) is 1.91. The van der Waals surface area contributed by atoms with Gasteiger partial charge in [0.15, 0.2) is 18.1 Å². The lowest BCUT2D eigenvalue weighted by Crippen LogP contribution is -2.41. The number of amides is 3. The van der Waals surface area contributed by atoms with E-state index < -0.39 is 6.10 Å². The summed E-state index contributed by atoms with van der Waals surface area (Å²) < 4.78 is 11.0. The second-order valence-corrected chi connectivity index (χ2v) is 5.50. The highest BCUT2D eigenvalue weighted by Gasteiger charge is 2.10. The number of aliphatic hydroxyl groups excluding tert-OH is 1. The number of hydrogen-bond acceptors (Lipinski definition) is 6. The number of carbonyl (C=O) groups is 2. The second kappa shape index (κ2) is 13.4. The molecule has 0 bridgehead atoms. The van der Waals surface area contributed by atoms with Crippen LogP contribution in [0.3, 0.4) is 0 Å². The van der Waals surface area contributed by atoms with E-state index >= 15 is 0 Å². The summed E-state index contributed by atoms with van der Waals surface area (Å²) in [6.45, 7) is 5.08. The van der Waals surface area contributed by atoms with Crippen LogP contribution < -0.4 is 30.7 Å². The third kappa shape index (κ3) is 10.1. The SMILES string of the molecule is C=CCNC(=O)NCCNCC(O)COc1ccccc1OCC(=O)NC. The van der Waals surface area contributed by atoms with E-state index in [1.54, 1.807) is 30.3 Å². The fourth-order valence-corrected chi connectivity index (χ4v) is 1.91. The molecular formula is C18H28N4O5. The number of carbonyl (C=O) groups excluding carboxylic acids is 2. The normalized spacial score (nSPS) is 11.2. The number of likely N-dealkylation sites (N-methyl/N-ethyl adjacent to an activating group) is 1. The number of nitrogens with one attached hydrogen (secondary N) is 4. The minimum Gasteiger partial charge on any atom is -0.487 e. The van der Waals surface area contributed by atoms with Crippen LogP contribution in [0.1, 0.15) is 0 Å². The monoisotopic (exact) mass is 380 g/mol. The smallest absolute Gasteiger partial charge is 0.315 e. The third-order valence-electron chi connectivity index (χ3n) is 3.29. The molecule has 27 heavy (non-hydrogen) atoms. The van der Waals surface area contributed by atoms with E-state index in [1.165, 1.54) is 7.05 Å². The topological polar surface area (TPSA) is 121 Å². The maximum Gasteiger partial charge on any atom is 0.315 e. The van der Waals surface area contributed by atoms with Crippen molar-refractivity contribution in [2.75, 3.05) is 46.4 Å². The summed E-state index contributed by atoms with van der Waals surface area (Å²) >= 11 is 0. The van der Waals surface area contributed by atoms with E-state index in [1.807, 2.05) is 0 Å². The van der Waals surface area contributed by atoms with Gasteiger partial charge in [-0.1, -0.05) is 18.2 Å². The zero-order valence-corrected chi connectivity index (χ0v) is 15.5. The Morgan fingerprint density at radius 3 is 2.56 bits per heavy atom. The van der Waals surface area contributed by atoms with Crippen molar-refractivity contribution in [3.8, 4) is 11.5 Å². The van der Waals surface area contributed by atoms with Crippen LogP contribution in [0.4, 0.5) is 4.79 Å². The summed E-state index contributed by atoms with van der Waals surface area (Å²) in [5, 5.41) is 20.7. The van der Waals surface area contributed by atoms with Gasteiger partial charge in [-0.15, -0.1) is 6.58 Å². The quantitative estimate of drug-likeness (QED) is 0.235. The molecule has 0 heterocycles. The molecule has 0 radical (unpaired) electrons. The first-order valence-corrected chi connectivity index (χ1v) is 8.63. The van der Waals surface area contributed by atoms with Crippen molar-refractivity contribution in [3.63, 3.8) is 0 Å². The van der Waals surface area contributed by atoms with Gasteiger partial charge in [0.2, 0.25) is 0 Å². The van der Waals surface area contributed by atoms with Gasteiger partial charge in [0.25, 0.3) is 5.91 Å². The standard InChI is InChI=1S/C18H28N4O5/c1-3-8-21-18(25)22-10-9-20-11-14(23)12-26-15-6-4-5-7-16(15)27-13-17(24)19-2/h3-7,14,20,23H,1,8-13H2,2H3,(H,19,24)(H2,21,22,25). The molecule has 9 nitrogen and oxygen atoms in total. The van der Waals surface area contributed by atoms with Crippen LogP contribution in [-0.4, -0.2) is 69.6 Å². The van der Waals surface area contributed by atoms with Crippen molar-refractivity contribution in [1.29, 1.82) is 0 Å². The van der Waals surface area contributed by atoms with Gasteiger partial charge in [0.1, 0.15) is 12.7 Å². The molecule has 0 fully saturated rings. The predicted octanol–water partition coefficient (Wildman–Crippen LogP) is -0.374. The lowest BCUT2D eigenvalue weighted by molar-refractivity contribution is -0.122. The van der Waals surface area contributed by atoms with Gasteiger partial charge in [-0.2, -0.15) is 0 Å². The summed E-state index contributed by atoms with van der Waals surface area (Å²) in [5.41, 5.74) is 0. The lowest BCUT2D eigenvalue weighted by Gasteiger charge is -2.16. The molecular weight excluding hydrogens is 352 g/mol. The maximum atomic E-state index is 11.3. The molecule has 0 aliphatic carbocycles. The Balaban J connectivity index is 2.24. The van der Waals surface area contributed by atoms with E-state index in [4.69, 9.17) is 9.47 Å². The molecule has 150 valence electrons. The minimum absolute atomic E-state index is 0.0561. The van der Waals surface area contributed by atoms with Crippen LogP contribution in [0.15, 0.2) is 36.9 Å². The van der Waals surface area contributed by atoms with Gasteiger partial charge in [-0.3, -0.25) is 4.79 Å². The van der Waals surface area contributed by atoms with Crippen molar-refractivity contribution in [1.82, 2.24) is 21.3 Å². The highest BCUT2D eigenvalue weighted by Crippen LogP contribution is 2.26. The number of ether oxygens (including phenoxy) is 2. The largest absolute Gasteiger partial charge is 0.487 e. The number of aliphatic hydroxyl groups is 1. The Morgan fingerprint density at radius 1 is 1.19 bits per heavy atom. The summed E-state index contributed by atoms with van der Waals surface area (Å²) in [7, 11) is 1.53. The van der Waals surface area contributed by atoms with Crippen LogP contribution >= 0.6 is 0 Å². The van der Waals surface area contributed by atoms with Crippen LogP contribution in [0.2, 0.25) is 0 Å². The highest BCUT2D eigenvalue weighted by atomic mass is 16.5. The molecule has 1 rings (SSSR count). The Hall–Kier alpha value is -2.78. The molecule has 0 saturated heterocycles. The van der Waals surface area contributed by atoms with Gasteiger partial charge >= 0.3 is 6.03 Å². The average Bonchev–Trinajstić information content (AvgIpc) is 2.69. The zero-order valence-electron chi connectivity index (χ0n) is 15.5. The lowest BCUT2D eigenvalue weighted by atomic mass is 10.3. The Morgan fingerprint density at radius 2 is 1.89 bits per heavy atom. The Bertz CT molecular complexity index is 597. The first-order chi connectivity index (χ1) is 13.1. The van der Waals surface area contributed by atoms with Crippen LogP contribution in [0, 0.1) is 0 Å². The Labute approximate surface area is 159 Å². The first-order valence-electron chi connectivity index (χ1n) is 8.63. The molecule has 1 aromatic carbocycles. The molecule has 0 saturated carbocycles. The predicted molar refractivity (Wildman–Crippen MR) is 102 cm³/mol. The molecule has 0 aliphatic heterocycles. The van der Waals surface area contributed by atoms with Crippen molar-refractivity contribution in [2.45, 2.75) is 6.10 Å². The number of hydrogen-bond donors (Lipinski definition) is 5. The molecule has 1 aromatic rings. The summed E-state index contributed by atoms with van der Waals surface area (Å²) in [5.74, 6) is 0.623. The molecule has 5 N–H and O–H groups in total. The van der Waals surface area contributed by atoms with Gasteiger partial charge in [0.05, 0.1) is 0 Å². The van der Waals surface area contributed by atoms with E-state index in [2.05, 4.69) is 27.8 Å². The van der Waals surface area contributed by atoms with E-state index in [0.29, 0.717) is 37.7 Å². The van der Waals surface area contributed by atoms with E-state index in [-0.39, 0.29) is 25.2 Å². The van der Waals surface area contributed by atoms with Crippen LogP contribution in [-0.2, 0) is 4.79 Å². The molecule has 1 atom stereocenters. The second-order valence-electron chi connectivity index (χ2n) is 5.50. The van der Waals surface area contributed by atoms with E-state index in [0.717, 1.165) is 0 Å². The highest BCUT2D eigenvalue weighted by molar-refractivity contribution is 5.77. The molecule has 0 aromatic heterocycles. The summed E-state index contributed by atoms with van der Waals surface area (Å²) in [6, 6.07) is 6.66. The molecule has 0 spiro atoms. The number of rotatable bonds is 13. The Kier molecular flexibility index (Phi) is 11.1. The van der Waals surface area contributed by atoms with Crippen LogP contribution in [0.25, 0.3) is 0 Å². The van der Waals surface area contributed by atoms with Crippen LogP contribution in [0.5, 0.6) is 11.5 Å². The maximum absolute atomic E-state index is 11.3. The fraction of sp³-hybridized carbons (Fsp3) is 0.444.